The molecule has 1 heterocycles. The third kappa shape index (κ3) is 1.03. The summed E-state index contributed by atoms with van der Waals surface area (Å²) < 4.78 is 0. The smallest absolute Gasteiger partial charge is 0.159 e. The van der Waals surface area contributed by atoms with E-state index in [4.69, 9.17) is 0 Å². The Bertz CT molecular complexity index is 101. The van der Waals surface area contributed by atoms with Crippen LogP contribution in [0.15, 0.2) is 0 Å². The Balaban J connectivity index is 2.57. The first-order valence-electron chi connectivity index (χ1n) is 2.57. The summed E-state index contributed by atoms with van der Waals surface area (Å²) >= 11 is 0. The zero-order valence-corrected chi connectivity index (χ0v) is 6.51. The van der Waals surface area contributed by atoms with Crippen molar-refractivity contribution >= 4 is 27.4 Å². The van der Waals surface area contributed by atoms with Crippen molar-refractivity contribution < 1.29 is 4.79 Å². The van der Waals surface area contributed by atoms with Crippen molar-refractivity contribution in [3.63, 3.8) is 0 Å². The highest BCUT2D eigenvalue weighted by atomic mass is 33.1. The largest absolute Gasteiger partial charge is 0.297 e. The van der Waals surface area contributed by atoms with Gasteiger partial charge in [-0.3, -0.25) is 4.79 Å². The number of Topliss-reactive ketones (excluding diaryl/α,β-unsaturated/α-hetero) is 1. The number of carbonyl (C=O) groups excluding carboxylic acids is 1. The van der Waals surface area contributed by atoms with Crippen molar-refractivity contribution in [2.45, 2.75) is 24.3 Å². The monoisotopic (exact) mass is 148 g/mol. The van der Waals surface area contributed by atoms with Crippen molar-refractivity contribution in [1.29, 1.82) is 0 Å². The van der Waals surface area contributed by atoms with Crippen LogP contribution in [-0.4, -0.2) is 16.3 Å². The van der Waals surface area contributed by atoms with E-state index in [1.807, 2.05) is 13.8 Å². The molecule has 0 aromatic carbocycles. The third-order valence-corrected chi connectivity index (χ3v) is 4.36. The van der Waals surface area contributed by atoms with E-state index in [0.29, 0.717) is 5.78 Å². The van der Waals surface area contributed by atoms with E-state index in [-0.39, 0.29) is 10.5 Å². The minimum atomic E-state index is 0.231. The highest BCUT2D eigenvalue weighted by Crippen LogP contribution is 2.40. The topological polar surface area (TPSA) is 17.1 Å². The molecule has 0 spiro atoms. The zero-order chi connectivity index (χ0) is 6.15. The molecule has 0 bridgehead atoms. The Hall–Kier alpha value is 0.370. The maximum atomic E-state index is 10.9. The summed E-state index contributed by atoms with van der Waals surface area (Å²) in [6.45, 7) is 3.92. The van der Waals surface area contributed by atoms with Crippen LogP contribution in [0.1, 0.15) is 13.8 Å². The number of rotatable bonds is 0. The first-order chi connectivity index (χ1) is 3.72. The highest BCUT2D eigenvalue weighted by molar-refractivity contribution is 8.78. The molecule has 46 valence electrons. The lowest BCUT2D eigenvalue weighted by Gasteiger charge is -1.93. The minimum absolute atomic E-state index is 0.231. The van der Waals surface area contributed by atoms with Crippen molar-refractivity contribution in [3.05, 3.63) is 0 Å². The van der Waals surface area contributed by atoms with Gasteiger partial charge in [0.25, 0.3) is 0 Å². The van der Waals surface area contributed by atoms with Gasteiger partial charge in [0.2, 0.25) is 0 Å². The van der Waals surface area contributed by atoms with Crippen molar-refractivity contribution in [3.8, 4) is 0 Å². The molecule has 0 aromatic heterocycles. The molecule has 0 aromatic rings. The summed E-state index contributed by atoms with van der Waals surface area (Å²) in [7, 11) is 3.36. The predicted octanol–water partition coefficient (Wildman–Crippen LogP) is 1.73. The van der Waals surface area contributed by atoms with Gasteiger partial charge in [-0.1, -0.05) is 21.6 Å². The van der Waals surface area contributed by atoms with Crippen LogP contribution in [0.2, 0.25) is 0 Å². The molecule has 2 atom stereocenters. The quantitative estimate of drug-likeness (QED) is 0.487. The lowest BCUT2D eigenvalue weighted by molar-refractivity contribution is -0.117. The fourth-order valence-electron chi connectivity index (χ4n) is 0.592. The highest BCUT2D eigenvalue weighted by Gasteiger charge is 2.28. The molecular formula is C5H8OS2. The van der Waals surface area contributed by atoms with Crippen molar-refractivity contribution in [1.82, 2.24) is 0 Å². The molecule has 3 heteroatoms. The molecule has 0 amide bonds. The SMILES string of the molecule is C[C@@H]1SS[C@@H](C)C1=O. The molecule has 0 aliphatic carbocycles. The van der Waals surface area contributed by atoms with Crippen LogP contribution in [0.3, 0.4) is 0 Å². The fourth-order valence-corrected chi connectivity index (χ4v) is 3.18. The van der Waals surface area contributed by atoms with Gasteiger partial charge in [-0.25, -0.2) is 0 Å². The van der Waals surface area contributed by atoms with Gasteiger partial charge in [-0.15, -0.1) is 0 Å². The average molecular weight is 148 g/mol. The van der Waals surface area contributed by atoms with Crippen LogP contribution < -0.4 is 0 Å². The maximum Gasteiger partial charge on any atom is 0.159 e. The fraction of sp³-hybridized carbons (Fsp3) is 0.800. The first-order valence-corrected chi connectivity index (χ1v) is 4.85. The van der Waals surface area contributed by atoms with E-state index in [1.54, 1.807) is 21.6 Å². The van der Waals surface area contributed by atoms with Crippen LogP contribution in [0.5, 0.6) is 0 Å². The molecule has 8 heavy (non-hydrogen) atoms. The minimum Gasteiger partial charge on any atom is -0.297 e. The Morgan fingerprint density at radius 3 is 1.75 bits per heavy atom. The van der Waals surface area contributed by atoms with Crippen LogP contribution in [-0.2, 0) is 4.79 Å². The molecule has 1 aliphatic rings. The van der Waals surface area contributed by atoms with Gasteiger partial charge in [0.05, 0.1) is 10.5 Å². The Morgan fingerprint density at radius 1 is 1.25 bits per heavy atom. The summed E-state index contributed by atoms with van der Waals surface area (Å²) in [5.41, 5.74) is 0. The predicted molar refractivity (Wildman–Crippen MR) is 39.1 cm³/mol. The number of hydrogen-bond donors (Lipinski definition) is 0. The van der Waals surface area contributed by atoms with Gasteiger partial charge in [-0.05, 0) is 13.8 Å². The summed E-state index contributed by atoms with van der Waals surface area (Å²) in [5, 5.41) is 0.463. The van der Waals surface area contributed by atoms with Gasteiger partial charge in [-0.2, -0.15) is 0 Å². The normalized spacial score (nSPS) is 38.5. The number of ketones is 1. The van der Waals surface area contributed by atoms with Gasteiger partial charge in [0, 0.05) is 0 Å². The lowest BCUT2D eigenvalue weighted by atomic mass is 10.2. The molecular weight excluding hydrogens is 140 g/mol. The summed E-state index contributed by atoms with van der Waals surface area (Å²) in [5.74, 6) is 0.389. The van der Waals surface area contributed by atoms with Gasteiger partial charge >= 0.3 is 0 Å². The molecule has 0 N–H and O–H groups in total. The van der Waals surface area contributed by atoms with Gasteiger partial charge in [0.1, 0.15) is 0 Å². The van der Waals surface area contributed by atoms with Crippen LogP contribution in [0.25, 0.3) is 0 Å². The second-order valence-electron chi connectivity index (χ2n) is 1.88. The number of carbonyl (C=O) groups is 1. The van der Waals surface area contributed by atoms with Crippen molar-refractivity contribution in [2.24, 2.45) is 0 Å². The second kappa shape index (κ2) is 2.31. The van der Waals surface area contributed by atoms with E-state index in [1.165, 1.54) is 0 Å². The van der Waals surface area contributed by atoms with Crippen LogP contribution >= 0.6 is 21.6 Å². The second-order valence-corrected chi connectivity index (χ2v) is 4.83. The molecule has 1 fully saturated rings. The molecule has 1 aliphatic heterocycles. The summed E-state index contributed by atoms with van der Waals surface area (Å²) in [6, 6.07) is 0. The average Bonchev–Trinajstić information content (AvgIpc) is 1.98. The molecule has 0 saturated carbocycles. The van der Waals surface area contributed by atoms with E-state index >= 15 is 0 Å². The third-order valence-electron chi connectivity index (χ3n) is 1.15. The zero-order valence-electron chi connectivity index (χ0n) is 4.88. The van der Waals surface area contributed by atoms with E-state index in [0.717, 1.165) is 0 Å². The number of hydrogen-bond acceptors (Lipinski definition) is 3. The van der Waals surface area contributed by atoms with E-state index in [2.05, 4.69) is 0 Å². The van der Waals surface area contributed by atoms with Crippen LogP contribution in [0.4, 0.5) is 0 Å². The Kier molecular flexibility index (Phi) is 1.88. The van der Waals surface area contributed by atoms with Gasteiger partial charge < -0.3 is 0 Å². The van der Waals surface area contributed by atoms with Gasteiger partial charge in [0.15, 0.2) is 5.78 Å². The standard InChI is InChI=1S/C5H8OS2/c1-3-5(6)4(2)8-7-3/h3-4H,1-2H3/t3-,4-/m0/s1. The van der Waals surface area contributed by atoms with Crippen LogP contribution in [0, 0.1) is 0 Å². The summed E-state index contributed by atoms with van der Waals surface area (Å²) in [6.07, 6.45) is 0. The molecule has 1 rings (SSSR count). The molecule has 0 unspecified atom stereocenters. The maximum absolute atomic E-state index is 10.9. The van der Waals surface area contributed by atoms with E-state index < -0.39 is 0 Å². The lowest BCUT2D eigenvalue weighted by Crippen LogP contribution is -2.14. The first kappa shape index (κ1) is 6.49. The Morgan fingerprint density at radius 2 is 1.62 bits per heavy atom. The molecule has 1 nitrogen and oxygen atoms in total. The molecule has 1 saturated heterocycles. The summed E-state index contributed by atoms with van der Waals surface area (Å²) in [4.78, 5) is 10.9. The van der Waals surface area contributed by atoms with Crippen molar-refractivity contribution in [2.75, 3.05) is 0 Å². The van der Waals surface area contributed by atoms with E-state index in [9.17, 15) is 4.79 Å². The Labute approximate surface area is 57.0 Å². The molecule has 0 radical (unpaired) electrons.